The van der Waals surface area contributed by atoms with Gasteiger partial charge in [0, 0.05) is 36.6 Å². The Bertz CT molecular complexity index is 563. The third-order valence-electron chi connectivity index (χ3n) is 3.21. The van der Waals surface area contributed by atoms with E-state index in [0.717, 1.165) is 5.52 Å². The summed E-state index contributed by atoms with van der Waals surface area (Å²) in [5.41, 5.74) is 2.28. The first-order chi connectivity index (χ1) is 8.24. The van der Waals surface area contributed by atoms with Crippen LogP contribution >= 0.6 is 11.6 Å². The average molecular weight is 249 g/mol. The molecule has 0 bridgehead atoms. The fourth-order valence-electron chi connectivity index (χ4n) is 2.37. The molecule has 0 radical (unpaired) electrons. The summed E-state index contributed by atoms with van der Waals surface area (Å²) in [5, 5.41) is 1.14. The van der Waals surface area contributed by atoms with Crippen LogP contribution in [0.25, 0.3) is 10.9 Å². The molecule has 1 aromatic carbocycles. The van der Waals surface area contributed by atoms with Gasteiger partial charge in [0.25, 0.3) is 0 Å². The van der Waals surface area contributed by atoms with Crippen LogP contribution in [0.5, 0.6) is 0 Å². The third-order valence-corrected chi connectivity index (χ3v) is 3.51. The number of aromatic amines is 1. The van der Waals surface area contributed by atoms with E-state index in [1.165, 1.54) is 10.9 Å². The first-order valence-corrected chi connectivity index (χ1v) is 6.14. The number of rotatable bonds is 2. The van der Waals surface area contributed by atoms with Gasteiger partial charge in [-0.1, -0.05) is 12.1 Å². The minimum absolute atomic E-state index is 0.0343. The van der Waals surface area contributed by atoms with Crippen molar-refractivity contribution >= 4 is 28.4 Å². The van der Waals surface area contributed by atoms with Crippen LogP contribution in [-0.4, -0.2) is 27.7 Å². The number of hydrogen-bond acceptors (Lipinski definition) is 1. The van der Waals surface area contributed by atoms with Crippen LogP contribution in [0, 0.1) is 0 Å². The Morgan fingerprint density at radius 2 is 2.29 bits per heavy atom. The Labute approximate surface area is 104 Å². The van der Waals surface area contributed by atoms with Crippen LogP contribution in [0.1, 0.15) is 12.0 Å². The summed E-state index contributed by atoms with van der Waals surface area (Å²) in [7, 11) is 0. The molecule has 88 valence electrons. The highest BCUT2D eigenvalue weighted by atomic mass is 35.5. The number of likely N-dealkylation sites (tertiary alicyclic amines) is 1. The lowest BCUT2D eigenvalue weighted by molar-refractivity contribution is -0.128. The molecular weight excluding hydrogens is 236 g/mol. The fraction of sp³-hybridized carbons (Fsp3) is 0.308. The van der Waals surface area contributed by atoms with E-state index in [9.17, 15) is 4.79 Å². The van der Waals surface area contributed by atoms with E-state index in [1.807, 2.05) is 29.3 Å². The Morgan fingerprint density at radius 3 is 3.06 bits per heavy atom. The molecule has 17 heavy (non-hydrogen) atoms. The van der Waals surface area contributed by atoms with Gasteiger partial charge in [-0.05, 0) is 17.7 Å². The number of alkyl halides is 1. The molecule has 1 atom stereocenters. The largest absolute Gasteiger partial charge is 0.361 e. The zero-order chi connectivity index (χ0) is 11.8. The summed E-state index contributed by atoms with van der Waals surface area (Å²) < 4.78 is 0. The number of nitrogens with one attached hydrogen (secondary N) is 1. The number of hydrogen-bond donors (Lipinski definition) is 1. The first-order valence-electron chi connectivity index (χ1n) is 5.71. The van der Waals surface area contributed by atoms with Crippen LogP contribution < -0.4 is 0 Å². The standard InChI is InChI=1S/C13H13ClN2O/c14-10-6-13(17)16(8-10)7-9-2-1-3-12-11(9)4-5-15-12/h1-5,10,15H,6-8H2. The van der Waals surface area contributed by atoms with Gasteiger partial charge in [-0.3, -0.25) is 4.79 Å². The van der Waals surface area contributed by atoms with Gasteiger partial charge in [-0.2, -0.15) is 0 Å². The summed E-state index contributed by atoms with van der Waals surface area (Å²) in [6, 6.07) is 8.15. The van der Waals surface area contributed by atoms with Crippen molar-refractivity contribution in [3.63, 3.8) is 0 Å². The maximum absolute atomic E-state index is 11.7. The van der Waals surface area contributed by atoms with Crippen LogP contribution in [0.2, 0.25) is 0 Å². The summed E-state index contributed by atoms with van der Waals surface area (Å²) in [5.74, 6) is 0.150. The monoisotopic (exact) mass is 248 g/mol. The van der Waals surface area contributed by atoms with E-state index in [1.54, 1.807) is 0 Å². The molecule has 0 saturated carbocycles. The van der Waals surface area contributed by atoms with Gasteiger partial charge in [0.1, 0.15) is 0 Å². The molecular formula is C13H13ClN2O. The molecule has 1 fully saturated rings. The van der Waals surface area contributed by atoms with Gasteiger partial charge >= 0.3 is 0 Å². The maximum atomic E-state index is 11.7. The van der Waals surface area contributed by atoms with E-state index < -0.39 is 0 Å². The van der Waals surface area contributed by atoms with Crippen molar-refractivity contribution in [3.05, 3.63) is 36.0 Å². The second-order valence-corrected chi connectivity index (χ2v) is 5.05. The molecule has 3 nitrogen and oxygen atoms in total. The van der Waals surface area contributed by atoms with Crippen molar-refractivity contribution in [2.75, 3.05) is 6.54 Å². The minimum Gasteiger partial charge on any atom is -0.361 e. The predicted octanol–water partition coefficient (Wildman–Crippen LogP) is 2.51. The number of aromatic nitrogens is 1. The third kappa shape index (κ3) is 1.91. The van der Waals surface area contributed by atoms with Crippen molar-refractivity contribution in [2.24, 2.45) is 0 Å². The lowest BCUT2D eigenvalue weighted by Crippen LogP contribution is -2.24. The smallest absolute Gasteiger partial charge is 0.224 e. The second-order valence-electron chi connectivity index (χ2n) is 4.43. The van der Waals surface area contributed by atoms with E-state index in [2.05, 4.69) is 11.1 Å². The summed E-state index contributed by atoms with van der Waals surface area (Å²) in [6.07, 6.45) is 2.38. The van der Waals surface area contributed by atoms with Crippen LogP contribution in [0.3, 0.4) is 0 Å². The molecule has 1 aliphatic heterocycles. The molecule has 1 aromatic heterocycles. The van der Waals surface area contributed by atoms with Gasteiger partial charge in [0.15, 0.2) is 0 Å². The zero-order valence-corrected chi connectivity index (χ0v) is 10.1. The number of halogens is 1. The van der Waals surface area contributed by atoms with Crippen molar-refractivity contribution in [1.82, 2.24) is 9.88 Å². The lowest BCUT2D eigenvalue weighted by Gasteiger charge is -2.16. The highest BCUT2D eigenvalue weighted by Crippen LogP contribution is 2.23. The van der Waals surface area contributed by atoms with Crippen molar-refractivity contribution in [1.29, 1.82) is 0 Å². The van der Waals surface area contributed by atoms with Gasteiger partial charge in [0.05, 0.1) is 5.38 Å². The molecule has 1 aliphatic rings. The van der Waals surface area contributed by atoms with Gasteiger partial charge in [0.2, 0.25) is 5.91 Å². The lowest BCUT2D eigenvalue weighted by atomic mass is 10.1. The Kier molecular flexibility index (Phi) is 2.56. The van der Waals surface area contributed by atoms with Crippen molar-refractivity contribution in [2.45, 2.75) is 18.3 Å². The van der Waals surface area contributed by atoms with Crippen LogP contribution in [0.15, 0.2) is 30.5 Å². The quantitative estimate of drug-likeness (QED) is 0.815. The molecule has 4 heteroatoms. The Balaban J connectivity index is 1.90. The van der Waals surface area contributed by atoms with Gasteiger partial charge < -0.3 is 9.88 Å². The summed E-state index contributed by atoms with van der Waals surface area (Å²) in [4.78, 5) is 16.7. The Morgan fingerprint density at radius 1 is 1.41 bits per heavy atom. The van der Waals surface area contributed by atoms with Crippen LogP contribution in [-0.2, 0) is 11.3 Å². The molecule has 1 amide bonds. The number of amides is 1. The molecule has 1 unspecified atom stereocenters. The topological polar surface area (TPSA) is 36.1 Å². The maximum Gasteiger partial charge on any atom is 0.224 e. The average Bonchev–Trinajstić information content (AvgIpc) is 2.87. The molecule has 0 spiro atoms. The molecule has 1 N–H and O–H groups in total. The van der Waals surface area contributed by atoms with E-state index in [0.29, 0.717) is 19.5 Å². The molecule has 2 heterocycles. The number of carbonyl (C=O) groups is 1. The number of H-pyrrole nitrogens is 1. The fourth-order valence-corrected chi connectivity index (χ4v) is 2.67. The van der Waals surface area contributed by atoms with E-state index >= 15 is 0 Å². The highest BCUT2D eigenvalue weighted by Gasteiger charge is 2.28. The Hall–Kier alpha value is -1.48. The number of benzene rings is 1. The van der Waals surface area contributed by atoms with Gasteiger partial charge in [-0.15, -0.1) is 11.6 Å². The molecule has 3 rings (SSSR count). The van der Waals surface area contributed by atoms with Crippen molar-refractivity contribution < 1.29 is 4.79 Å². The number of carbonyl (C=O) groups excluding carboxylic acids is 1. The summed E-state index contributed by atoms with van der Waals surface area (Å²) in [6.45, 7) is 1.30. The molecule has 0 aliphatic carbocycles. The normalized spacial score (nSPS) is 20.4. The predicted molar refractivity (Wildman–Crippen MR) is 68.0 cm³/mol. The molecule has 1 saturated heterocycles. The first kappa shape index (κ1) is 10.7. The number of fused-ring (bicyclic) bond motifs is 1. The van der Waals surface area contributed by atoms with Crippen LogP contribution in [0.4, 0.5) is 0 Å². The van der Waals surface area contributed by atoms with Gasteiger partial charge in [-0.25, -0.2) is 0 Å². The van der Waals surface area contributed by atoms with E-state index in [-0.39, 0.29) is 11.3 Å². The summed E-state index contributed by atoms with van der Waals surface area (Å²) >= 11 is 6.00. The zero-order valence-electron chi connectivity index (χ0n) is 9.32. The minimum atomic E-state index is -0.0343. The van der Waals surface area contributed by atoms with Crippen molar-refractivity contribution in [3.8, 4) is 0 Å². The second kappa shape index (κ2) is 4.08. The van der Waals surface area contributed by atoms with E-state index in [4.69, 9.17) is 11.6 Å². The molecule has 2 aromatic rings. The highest BCUT2D eigenvalue weighted by molar-refractivity contribution is 6.22. The number of nitrogens with zero attached hydrogens (tertiary/aromatic N) is 1. The SMILES string of the molecule is O=C1CC(Cl)CN1Cc1cccc2[nH]ccc12.